The molecule has 7 nitrogen and oxygen atoms in total. The number of hydroxylamine groups is 2. The molecule has 0 bridgehead atoms. The predicted molar refractivity (Wildman–Crippen MR) is 127 cm³/mol. The van der Waals surface area contributed by atoms with E-state index in [4.69, 9.17) is 14.3 Å². The lowest BCUT2D eigenvalue weighted by Gasteiger charge is -2.23. The van der Waals surface area contributed by atoms with Gasteiger partial charge in [-0.3, -0.25) is 4.84 Å². The lowest BCUT2D eigenvalue weighted by Crippen LogP contribution is -2.40. The van der Waals surface area contributed by atoms with Crippen molar-refractivity contribution < 1.29 is 22.7 Å². The van der Waals surface area contributed by atoms with Gasteiger partial charge in [0.2, 0.25) is 10.0 Å². The third kappa shape index (κ3) is 5.54. The summed E-state index contributed by atoms with van der Waals surface area (Å²) in [5.74, 6) is 2.10. The minimum Gasteiger partial charge on any atom is -0.496 e. The van der Waals surface area contributed by atoms with Gasteiger partial charge >= 0.3 is 0 Å². The summed E-state index contributed by atoms with van der Waals surface area (Å²) in [6.07, 6.45) is 0.526. The molecule has 0 radical (unpaired) electrons. The number of methoxy groups -OCH3 is 1. The molecule has 1 aliphatic heterocycles. The molecule has 1 saturated heterocycles. The lowest BCUT2D eigenvalue weighted by atomic mass is 10.0. The Hall–Kier alpha value is -2.91. The van der Waals surface area contributed by atoms with Gasteiger partial charge in [-0.2, -0.15) is 5.06 Å². The number of ether oxygens (including phenoxy) is 2. The van der Waals surface area contributed by atoms with Crippen molar-refractivity contribution in [3.8, 4) is 17.2 Å². The van der Waals surface area contributed by atoms with Gasteiger partial charge in [0.15, 0.2) is 0 Å². The molecule has 174 valence electrons. The van der Waals surface area contributed by atoms with Crippen LogP contribution in [0.15, 0.2) is 78.9 Å². The van der Waals surface area contributed by atoms with E-state index < -0.39 is 21.3 Å². The molecule has 1 heterocycles. The lowest BCUT2D eigenvalue weighted by molar-refractivity contribution is -0.110. The quantitative estimate of drug-likeness (QED) is 0.513. The summed E-state index contributed by atoms with van der Waals surface area (Å²) in [4.78, 5) is 5.63. The van der Waals surface area contributed by atoms with Crippen LogP contribution in [0.5, 0.6) is 17.2 Å². The Morgan fingerprint density at radius 1 is 1.00 bits per heavy atom. The largest absolute Gasteiger partial charge is 0.496 e. The molecule has 0 aromatic heterocycles. The third-order valence-electron chi connectivity index (χ3n) is 5.65. The second-order valence-corrected chi connectivity index (χ2v) is 9.80. The van der Waals surface area contributed by atoms with Crippen LogP contribution in [0, 0.1) is 0 Å². The highest BCUT2D eigenvalue weighted by molar-refractivity contribution is 7.90. The van der Waals surface area contributed by atoms with Gasteiger partial charge in [-0.15, -0.1) is 0 Å². The first-order chi connectivity index (χ1) is 16.0. The van der Waals surface area contributed by atoms with Crippen molar-refractivity contribution in [3.63, 3.8) is 0 Å². The van der Waals surface area contributed by atoms with Gasteiger partial charge in [-0.1, -0.05) is 48.5 Å². The molecule has 1 N–H and O–H groups in total. The molecule has 3 aromatic carbocycles. The van der Waals surface area contributed by atoms with Crippen molar-refractivity contribution in [1.29, 1.82) is 0 Å². The van der Waals surface area contributed by atoms with E-state index in [2.05, 4.69) is 4.72 Å². The Labute approximate surface area is 194 Å². The second kappa shape index (κ2) is 10.4. The van der Waals surface area contributed by atoms with Crippen molar-refractivity contribution >= 4 is 10.0 Å². The van der Waals surface area contributed by atoms with Gasteiger partial charge in [0.25, 0.3) is 0 Å². The smallest absolute Gasteiger partial charge is 0.218 e. The number of nitrogens with zero attached hydrogens (tertiary/aromatic N) is 1. The molecule has 0 spiro atoms. The summed E-state index contributed by atoms with van der Waals surface area (Å²) in [7, 11) is -0.294. The fourth-order valence-electron chi connectivity index (χ4n) is 4.01. The van der Waals surface area contributed by atoms with E-state index in [1.165, 1.54) is 0 Å². The second-order valence-electron chi connectivity index (χ2n) is 7.81. The zero-order chi connectivity index (χ0) is 23.3. The van der Waals surface area contributed by atoms with E-state index >= 15 is 0 Å². The molecule has 0 aliphatic carbocycles. The number of benzene rings is 3. The van der Waals surface area contributed by atoms with E-state index in [0.717, 1.165) is 16.9 Å². The van der Waals surface area contributed by atoms with Crippen molar-refractivity contribution in [2.45, 2.75) is 17.7 Å². The first-order valence-electron chi connectivity index (χ1n) is 10.8. The van der Waals surface area contributed by atoms with Gasteiger partial charge in [0.05, 0.1) is 19.8 Å². The topological polar surface area (TPSA) is 77.1 Å². The van der Waals surface area contributed by atoms with Crippen LogP contribution in [0.4, 0.5) is 0 Å². The first kappa shape index (κ1) is 23.3. The van der Waals surface area contributed by atoms with Crippen molar-refractivity contribution in [1.82, 2.24) is 9.79 Å². The maximum Gasteiger partial charge on any atom is 0.218 e. The SMILES string of the molecule is COc1ccccc1CCNS(=O)(=O)[C@@H]1CON(C)[C@@H]1c1cccc(Oc2ccccc2)c1. The maximum atomic E-state index is 13.2. The van der Waals surface area contributed by atoms with Crippen LogP contribution in [0.3, 0.4) is 0 Å². The molecule has 33 heavy (non-hydrogen) atoms. The van der Waals surface area contributed by atoms with E-state index in [-0.39, 0.29) is 13.2 Å². The summed E-state index contributed by atoms with van der Waals surface area (Å²) in [5.41, 5.74) is 1.76. The molecular formula is C25H28N2O5S. The zero-order valence-electron chi connectivity index (χ0n) is 18.7. The van der Waals surface area contributed by atoms with Crippen LogP contribution in [0.25, 0.3) is 0 Å². The molecular weight excluding hydrogens is 440 g/mol. The summed E-state index contributed by atoms with van der Waals surface area (Å²) >= 11 is 0. The summed E-state index contributed by atoms with van der Waals surface area (Å²) in [6, 6.07) is 24.1. The van der Waals surface area contributed by atoms with Gasteiger partial charge in [0, 0.05) is 13.6 Å². The number of sulfonamides is 1. The summed E-state index contributed by atoms with van der Waals surface area (Å²) in [5, 5.41) is 0.846. The molecule has 1 aliphatic rings. The Kier molecular flexibility index (Phi) is 7.29. The predicted octanol–water partition coefficient (Wildman–Crippen LogP) is 3.94. The number of hydrogen-bond acceptors (Lipinski definition) is 6. The van der Waals surface area contributed by atoms with Gasteiger partial charge in [-0.05, 0) is 47.9 Å². The summed E-state index contributed by atoms with van der Waals surface area (Å²) in [6.45, 7) is 0.349. The molecule has 8 heteroatoms. The molecule has 1 fully saturated rings. The standard InChI is InChI=1S/C25H28N2O5S/c1-27-25(20-10-8-13-22(17-20)32-21-11-4-3-5-12-21)24(18-31-27)33(28,29)26-16-15-19-9-6-7-14-23(19)30-2/h3-14,17,24-26H,15-16,18H2,1-2H3/t24-,25-/m1/s1. The first-order valence-corrected chi connectivity index (χ1v) is 12.3. The number of para-hydroxylation sites is 2. The van der Waals surface area contributed by atoms with Crippen LogP contribution in [0.1, 0.15) is 17.2 Å². The summed E-state index contributed by atoms with van der Waals surface area (Å²) < 4.78 is 40.4. The average Bonchev–Trinajstić information content (AvgIpc) is 3.22. The van der Waals surface area contributed by atoms with E-state index in [0.29, 0.717) is 17.9 Å². The zero-order valence-corrected chi connectivity index (χ0v) is 19.5. The Morgan fingerprint density at radius 2 is 1.73 bits per heavy atom. The highest BCUT2D eigenvalue weighted by Crippen LogP contribution is 2.35. The Balaban J connectivity index is 1.48. The van der Waals surface area contributed by atoms with Gasteiger partial charge < -0.3 is 9.47 Å². The minimum atomic E-state index is -3.65. The molecule has 0 unspecified atom stereocenters. The van der Waals surface area contributed by atoms with Crippen LogP contribution >= 0.6 is 0 Å². The molecule has 2 atom stereocenters. The van der Waals surface area contributed by atoms with E-state index in [9.17, 15) is 8.42 Å². The maximum absolute atomic E-state index is 13.2. The molecule has 0 amide bonds. The third-order valence-corrected chi connectivity index (χ3v) is 7.45. The number of nitrogens with one attached hydrogen (secondary N) is 1. The van der Waals surface area contributed by atoms with Crippen molar-refractivity contribution in [3.05, 3.63) is 90.0 Å². The Bertz CT molecular complexity index is 1170. The Morgan fingerprint density at radius 3 is 2.52 bits per heavy atom. The highest BCUT2D eigenvalue weighted by Gasteiger charge is 2.43. The van der Waals surface area contributed by atoms with Crippen LogP contribution in [-0.4, -0.2) is 46.0 Å². The van der Waals surface area contributed by atoms with Gasteiger partial charge in [-0.25, -0.2) is 13.1 Å². The van der Waals surface area contributed by atoms with Crippen molar-refractivity contribution in [2.75, 3.05) is 27.3 Å². The molecule has 0 saturated carbocycles. The molecule has 4 rings (SSSR count). The minimum absolute atomic E-state index is 0.0783. The molecule has 3 aromatic rings. The van der Waals surface area contributed by atoms with Crippen LogP contribution < -0.4 is 14.2 Å². The average molecular weight is 469 g/mol. The van der Waals surface area contributed by atoms with E-state index in [1.807, 2.05) is 78.9 Å². The van der Waals surface area contributed by atoms with Crippen LogP contribution in [0.2, 0.25) is 0 Å². The van der Waals surface area contributed by atoms with Crippen molar-refractivity contribution in [2.24, 2.45) is 0 Å². The monoisotopic (exact) mass is 468 g/mol. The fourth-order valence-corrected chi connectivity index (χ4v) is 5.52. The van der Waals surface area contributed by atoms with Crippen LogP contribution in [-0.2, 0) is 21.3 Å². The highest BCUT2D eigenvalue weighted by atomic mass is 32.2. The number of rotatable bonds is 9. The normalized spacial score (nSPS) is 18.8. The fraction of sp³-hybridized carbons (Fsp3) is 0.280. The number of hydrogen-bond donors (Lipinski definition) is 1. The van der Waals surface area contributed by atoms with E-state index in [1.54, 1.807) is 19.2 Å². The van der Waals surface area contributed by atoms with Gasteiger partial charge in [0.1, 0.15) is 22.5 Å².